The Morgan fingerprint density at radius 1 is 1.50 bits per heavy atom. The number of unbranched alkanes of at least 4 members (excludes halogenated alkanes) is 1. The molecule has 102 valence electrons. The summed E-state index contributed by atoms with van der Waals surface area (Å²) in [6.45, 7) is 7.69. The van der Waals surface area contributed by atoms with Gasteiger partial charge in [-0.15, -0.1) is 0 Å². The van der Waals surface area contributed by atoms with Gasteiger partial charge in [0.25, 0.3) is 5.91 Å². The second-order valence-electron chi connectivity index (χ2n) is 4.91. The third-order valence-corrected chi connectivity index (χ3v) is 2.88. The van der Waals surface area contributed by atoms with Crippen molar-refractivity contribution in [3.63, 3.8) is 0 Å². The van der Waals surface area contributed by atoms with Crippen molar-refractivity contribution in [2.45, 2.75) is 46.6 Å². The first-order valence-corrected chi connectivity index (χ1v) is 6.65. The molecule has 0 saturated carbocycles. The van der Waals surface area contributed by atoms with Crippen molar-refractivity contribution in [3.8, 4) is 0 Å². The highest BCUT2D eigenvalue weighted by Crippen LogP contribution is 2.10. The van der Waals surface area contributed by atoms with Gasteiger partial charge in [-0.3, -0.25) is 9.48 Å². The van der Waals surface area contributed by atoms with Crippen molar-refractivity contribution < 1.29 is 4.79 Å². The molecule has 3 N–H and O–H groups in total. The van der Waals surface area contributed by atoms with Crippen molar-refractivity contribution in [1.29, 1.82) is 0 Å². The fraction of sp³-hybridized carbons (Fsp3) is 0.692. The summed E-state index contributed by atoms with van der Waals surface area (Å²) in [6.07, 6.45) is 4.87. The second kappa shape index (κ2) is 7.03. The molecule has 0 bridgehead atoms. The van der Waals surface area contributed by atoms with Gasteiger partial charge in [-0.1, -0.05) is 26.7 Å². The smallest absolute Gasteiger partial charge is 0.271 e. The van der Waals surface area contributed by atoms with Gasteiger partial charge in [0, 0.05) is 13.1 Å². The van der Waals surface area contributed by atoms with E-state index < -0.39 is 0 Å². The molecule has 0 aliphatic heterocycles. The minimum absolute atomic E-state index is 0.128. The van der Waals surface area contributed by atoms with Crippen LogP contribution < -0.4 is 11.1 Å². The predicted octanol–water partition coefficient (Wildman–Crippen LogP) is 2.04. The molecule has 0 aliphatic rings. The van der Waals surface area contributed by atoms with Crippen LogP contribution in [0.2, 0.25) is 0 Å². The van der Waals surface area contributed by atoms with Gasteiger partial charge >= 0.3 is 0 Å². The lowest BCUT2D eigenvalue weighted by Gasteiger charge is -2.08. The zero-order valence-electron chi connectivity index (χ0n) is 11.6. The summed E-state index contributed by atoms with van der Waals surface area (Å²) in [4.78, 5) is 12.0. The lowest BCUT2D eigenvalue weighted by atomic mass is 10.1. The number of nitrogens with two attached hydrogens (primary N) is 1. The number of hydrogen-bond donors (Lipinski definition) is 2. The molecule has 5 heteroatoms. The maximum absolute atomic E-state index is 12.0. The summed E-state index contributed by atoms with van der Waals surface area (Å²) in [7, 11) is 0. The first kappa shape index (κ1) is 14.5. The summed E-state index contributed by atoms with van der Waals surface area (Å²) in [5, 5.41) is 6.95. The van der Waals surface area contributed by atoms with Gasteiger partial charge in [0.15, 0.2) is 0 Å². The Hall–Kier alpha value is -1.52. The van der Waals surface area contributed by atoms with Crippen LogP contribution in [0.15, 0.2) is 6.20 Å². The Bertz CT molecular complexity index is 384. The third kappa shape index (κ3) is 4.05. The molecule has 0 saturated heterocycles. The molecule has 0 radical (unpaired) electrons. The van der Waals surface area contributed by atoms with E-state index in [2.05, 4.69) is 24.3 Å². The highest BCUT2D eigenvalue weighted by Gasteiger charge is 2.15. The number of carbonyl (C=O) groups excluding carboxylic acids is 1. The number of aryl methyl sites for hydroxylation is 1. The van der Waals surface area contributed by atoms with E-state index in [1.165, 1.54) is 12.6 Å². The Balaban J connectivity index is 2.38. The van der Waals surface area contributed by atoms with Crippen LogP contribution in [0, 0.1) is 5.92 Å². The summed E-state index contributed by atoms with van der Waals surface area (Å²) >= 11 is 0. The number of nitrogens with one attached hydrogen (secondary N) is 1. The number of rotatable bonds is 7. The fourth-order valence-corrected chi connectivity index (χ4v) is 1.85. The van der Waals surface area contributed by atoms with E-state index in [0.717, 1.165) is 18.8 Å². The molecule has 0 atom stereocenters. The number of carbonyl (C=O) groups is 1. The van der Waals surface area contributed by atoms with Crippen LogP contribution in [-0.2, 0) is 6.54 Å². The van der Waals surface area contributed by atoms with Crippen LogP contribution >= 0.6 is 0 Å². The highest BCUT2D eigenvalue weighted by atomic mass is 16.2. The van der Waals surface area contributed by atoms with E-state index in [1.807, 2.05) is 6.92 Å². The Kier molecular flexibility index (Phi) is 5.68. The Morgan fingerprint density at radius 3 is 2.83 bits per heavy atom. The summed E-state index contributed by atoms with van der Waals surface area (Å²) < 4.78 is 1.62. The maximum atomic E-state index is 12.0. The molecule has 0 aliphatic carbocycles. The molecule has 0 unspecified atom stereocenters. The van der Waals surface area contributed by atoms with Crippen LogP contribution in [0.3, 0.4) is 0 Å². The van der Waals surface area contributed by atoms with Crippen LogP contribution in [0.4, 0.5) is 5.69 Å². The molecule has 0 fully saturated rings. The van der Waals surface area contributed by atoms with Crippen LogP contribution in [-0.4, -0.2) is 22.2 Å². The maximum Gasteiger partial charge on any atom is 0.271 e. The van der Waals surface area contributed by atoms with Gasteiger partial charge < -0.3 is 11.1 Å². The molecule has 0 spiro atoms. The molecule has 1 rings (SSSR count). The van der Waals surface area contributed by atoms with Crippen molar-refractivity contribution in [3.05, 3.63) is 11.9 Å². The van der Waals surface area contributed by atoms with Crippen molar-refractivity contribution in [2.24, 2.45) is 5.92 Å². The van der Waals surface area contributed by atoms with Gasteiger partial charge in [-0.2, -0.15) is 5.10 Å². The van der Waals surface area contributed by atoms with E-state index in [9.17, 15) is 4.79 Å². The minimum atomic E-state index is -0.128. The van der Waals surface area contributed by atoms with Gasteiger partial charge in [-0.05, 0) is 19.3 Å². The lowest BCUT2D eigenvalue weighted by Crippen LogP contribution is -2.27. The molecule has 5 nitrogen and oxygen atoms in total. The number of hydrogen-bond acceptors (Lipinski definition) is 3. The second-order valence-corrected chi connectivity index (χ2v) is 4.91. The molecule has 1 heterocycles. The molecule has 1 aromatic rings. The van der Waals surface area contributed by atoms with Gasteiger partial charge in [-0.25, -0.2) is 0 Å². The molecular formula is C13H24N4O. The van der Waals surface area contributed by atoms with Gasteiger partial charge in [0.05, 0.1) is 11.9 Å². The van der Waals surface area contributed by atoms with E-state index >= 15 is 0 Å². The molecular weight excluding hydrogens is 228 g/mol. The molecule has 0 aromatic carbocycles. The average Bonchev–Trinajstić information content (AvgIpc) is 2.69. The van der Waals surface area contributed by atoms with E-state index in [4.69, 9.17) is 5.73 Å². The van der Waals surface area contributed by atoms with Crippen LogP contribution in [0.5, 0.6) is 0 Å². The number of aromatic nitrogens is 2. The monoisotopic (exact) mass is 252 g/mol. The number of nitrogen functional groups attached to an aromatic ring is 1. The largest absolute Gasteiger partial charge is 0.396 e. The highest BCUT2D eigenvalue weighted by molar-refractivity contribution is 5.97. The molecule has 1 amide bonds. The zero-order chi connectivity index (χ0) is 13.5. The van der Waals surface area contributed by atoms with Crippen LogP contribution in [0.25, 0.3) is 0 Å². The predicted molar refractivity (Wildman–Crippen MR) is 73.3 cm³/mol. The average molecular weight is 252 g/mol. The lowest BCUT2D eigenvalue weighted by molar-refractivity contribution is 0.0943. The van der Waals surface area contributed by atoms with E-state index in [-0.39, 0.29) is 5.91 Å². The Labute approximate surface area is 109 Å². The number of anilines is 1. The fourth-order valence-electron chi connectivity index (χ4n) is 1.85. The first-order chi connectivity index (χ1) is 8.56. The Morgan fingerprint density at radius 2 is 2.22 bits per heavy atom. The van der Waals surface area contributed by atoms with Gasteiger partial charge in [0.1, 0.15) is 5.69 Å². The quantitative estimate of drug-likeness (QED) is 0.729. The van der Waals surface area contributed by atoms with Crippen LogP contribution in [0.1, 0.15) is 50.5 Å². The van der Waals surface area contributed by atoms with Gasteiger partial charge in [0.2, 0.25) is 0 Å². The van der Waals surface area contributed by atoms with E-state index in [1.54, 1.807) is 4.68 Å². The summed E-state index contributed by atoms with van der Waals surface area (Å²) in [5.74, 6) is 0.592. The number of nitrogens with zero attached hydrogens (tertiary/aromatic N) is 2. The standard InChI is InChI=1S/C13H24N4O/c1-4-17-12(11(14)9-16-17)13(18)15-8-6-5-7-10(2)3/h9-10H,4-8,14H2,1-3H3,(H,15,18). The molecule has 18 heavy (non-hydrogen) atoms. The topological polar surface area (TPSA) is 72.9 Å². The SMILES string of the molecule is CCn1ncc(N)c1C(=O)NCCCCC(C)C. The first-order valence-electron chi connectivity index (χ1n) is 6.65. The summed E-state index contributed by atoms with van der Waals surface area (Å²) in [5.41, 5.74) is 6.66. The minimum Gasteiger partial charge on any atom is -0.396 e. The van der Waals surface area contributed by atoms with Crippen molar-refractivity contribution >= 4 is 11.6 Å². The van der Waals surface area contributed by atoms with E-state index in [0.29, 0.717) is 24.5 Å². The molecule has 1 aromatic heterocycles. The third-order valence-electron chi connectivity index (χ3n) is 2.88. The van der Waals surface area contributed by atoms with Crippen molar-refractivity contribution in [1.82, 2.24) is 15.1 Å². The summed E-state index contributed by atoms with van der Waals surface area (Å²) in [6, 6.07) is 0. The normalized spacial score (nSPS) is 10.9. The number of amides is 1. The van der Waals surface area contributed by atoms with Crippen molar-refractivity contribution in [2.75, 3.05) is 12.3 Å². The zero-order valence-corrected chi connectivity index (χ0v) is 11.6.